The first kappa shape index (κ1) is 23.1. The summed E-state index contributed by atoms with van der Waals surface area (Å²) in [5.74, 6) is 0. The molecule has 0 unspecified atom stereocenters. The van der Waals surface area contributed by atoms with Crippen LogP contribution in [-0.4, -0.2) is 37.0 Å². The number of benzene rings is 3. The lowest BCUT2D eigenvalue weighted by molar-refractivity contribution is -0.384. The van der Waals surface area contributed by atoms with Crippen LogP contribution in [0.15, 0.2) is 82.8 Å². The van der Waals surface area contributed by atoms with Gasteiger partial charge in [-0.15, -0.1) is 0 Å². The number of sulfonamides is 1. The molecule has 0 amide bonds. The third kappa shape index (κ3) is 5.19. The van der Waals surface area contributed by atoms with Crippen molar-refractivity contribution in [1.29, 1.82) is 0 Å². The summed E-state index contributed by atoms with van der Waals surface area (Å²) in [5, 5.41) is 15.6. The molecule has 0 saturated carbocycles. The molecule has 0 aliphatic heterocycles. The maximum atomic E-state index is 12.7. The molecular formula is C23H24N4O4S. The Morgan fingerprint density at radius 1 is 0.969 bits per heavy atom. The Bertz CT molecular complexity index is 1210. The molecule has 0 atom stereocenters. The second-order valence-corrected chi connectivity index (χ2v) is 8.82. The SMILES string of the molecule is CCN(CC)S(=O)(=O)c1ccc(NN=Cc2ccc(-c3ccccc3)cc2)c([N+](=O)[O-])c1. The molecule has 0 aliphatic rings. The monoisotopic (exact) mass is 452 g/mol. The molecule has 0 aliphatic carbocycles. The molecule has 166 valence electrons. The third-order valence-electron chi connectivity index (χ3n) is 4.93. The van der Waals surface area contributed by atoms with Crippen LogP contribution in [0.2, 0.25) is 0 Å². The van der Waals surface area contributed by atoms with Crippen LogP contribution in [0.5, 0.6) is 0 Å². The van der Waals surface area contributed by atoms with Crippen molar-refractivity contribution in [3.63, 3.8) is 0 Å². The van der Waals surface area contributed by atoms with Crippen molar-refractivity contribution < 1.29 is 13.3 Å². The van der Waals surface area contributed by atoms with Crippen molar-refractivity contribution >= 4 is 27.6 Å². The highest BCUT2D eigenvalue weighted by atomic mass is 32.2. The van der Waals surface area contributed by atoms with Gasteiger partial charge in [-0.3, -0.25) is 15.5 Å². The highest BCUT2D eigenvalue weighted by molar-refractivity contribution is 7.89. The van der Waals surface area contributed by atoms with Gasteiger partial charge in [0.2, 0.25) is 10.0 Å². The van der Waals surface area contributed by atoms with Crippen LogP contribution in [-0.2, 0) is 10.0 Å². The van der Waals surface area contributed by atoms with Crippen LogP contribution in [0.4, 0.5) is 11.4 Å². The van der Waals surface area contributed by atoms with Crippen LogP contribution in [0.1, 0.15) is 19.4 Å². The lowest BCUT2D eigenvalue weighted by atomic mass is 10.0. The Balaban J connectivity index is 1.78. The van der Waals surface area contributed by atoms with E-state index in [0.29, 0.717) is 0 Å². The van der Waals surface area contributed by atoms with Gasteiger partial charge in [0.25, 0.3) is 5.69 Å². The molecule has 0 heterocycles. The first-order valence-electron chi connectivity index (χ1n) is 10.1. The standard InChI is InChI=1S/C23H24N4O4S/c1-3-26(4-2)32(30,31)21-14-15-22(23(16-21)27(28)29)25-24-17-18-10-12-20(13-11-18)19-8-6-5-7-9-19/h5-17,25H,3-4H2,1-2H3. The summed E-state index contributed by atoms with van der Waals surface area (Å²) in [6.07, 6.45) is 1.54. The summed E-state index contributed by atoms with van der Waals surface area (Å²) in [6, 6.07) is 21.4. The van der Waals surface area contributed by atoms with Gasteiger partial charge in [0.1, 0.15) is 5.69 Å². The van der Waals surface area contributed by atoms with E-state index in [1.165, 1.54) is 16.4 Å². The van der Waals surface area contributed by atoms with Crippen molar-refractivity contribution in [3.8, 4) is 11.1 Å². The molecule has 8 nitrogen and oxygen atoms in total. The lowest BCUT2D eigenvalue weighted by Gasteiger charge is -2.18. The Hall–Kier alpha value is -3.56. The molecule has 0 fully saturated rings. The summed E-state index contributed by atoms with van der Waals surface area (Å²) in [7, 11) is -3.80. The van der Waals surface area contributed by atoms with Crippen molar-refractivity contribution in [1.82, 2.24) is 4.31 Å². The van der Waals surface area contributed by atoms with Crippen molar-refractivity contribution in [2.45, 2.75) is 18.7 Å². The van der Waals surface area contributed by atoms with Crippen LogP contribution in [0.25, 0.3) is 11.1 Å². The number of hydrazone groups is 1. The van der Waals surface area contributed by atoms with E-state index in [1.54, 1.807) is 20.1 Å². The molecule has 3 rings (SSSR count). The number of nitro benzene ring substituents is 1. The number of anilines is 1. The van der Waals surface area contributed by atoms with Gasteiger partial charge in [0, 0.05) is 19.2 Å². The fourth-order valence-corrected chi connectivity index (χ4v) is 4.68. The first-order valence-corrected chi connectivity index (χ1v) is 11.5. The molecule has 9 heteroatoms. The minimum atomic E-state index is -3.80. The Kier molecular flexibility index (Phi) is 7.34. The van der Waals surface area contributed by atoms with E-state index in [0.717, 1.165) is 22.8 Å². The van der Waals surface area contributed by atoms with Gasteiger partial charge in [-0.05, 0) is 28.8 Å². The minimum Gasteiger partial charge on any atom is -0.272 e. The predicted molar refractivity (Wildman–Crippen MR) is 126 cm³/mol. The molecule has 0 spiro atoms. The zero-order chi connectivity index (χ0) is 23.1. The summed E-state index contributed by atoms with van der Waals surface area (Å²) in [5.41, 5.74) is 5.35. The van der Waals surface area contributed by atoms with E-state index < -0.39 is 14.9 Å². The molecule has 0 aromatic heterocycles. The van der Waals surface area contributed by atoms with E-state index in [-0.39, 0.29) is 29.4 Å². The van der Waals surface area contributed by atoms with E-state index in [2.05, 4.69) is 10.5 Å². The number of nitro groups is 1. The summed E-state index contributed by atoms with van der Waals surface area (Å²) >= 11 is 0. The second kappa shape index (κ2) is 10.2. The minimum absolute atomic E-state index is 0.102. The third-order valence-corrected chi connectivity index (χ3v) is 6.97. The van der Waals surface area contributed by atoms with Crippen molar-refractivity contribution in [3.05, 3.63) is 88.5 Å². The topological polar surface area (TPSA) is 105 Å². The van der Waals surface area contributed by atoms with Crippen molar-refractivity contribution in [2.75, 3.05) is 18.5 Å². The molecule has 32 heavy (non-hydrogen) atoms. The average molecular weight is 453 g/mol. The Morgan fingerprint density at radius 2 is 1.59 bits per heavy atom. The van der Waals surface area contributed by atoms with Gasteiger partial charge >= 0.3 is 0 Å². The van der Waals surface area contributed by atoms with Gasteiger partial charge in [-0.1, -0.05) is 68.4 Å². The van der Waals surface area contributed by atoms with Gasteiger partial charge in [-0.2, -0.15) is 9.41 Å². The zero-order valence-electron chi connectivity index (χ0n) is 17.8. The van der Waals surface area contributed by atoms with Crippen LogP contribution < -0.4 is 5.43 Å². The first-order chi connectivity index (χ1) is 15.4. The van der Waals surface area contributed by atoms with E-state index in [4.69, 9.17) is 0 Å². The summed E-state index contributed by atoms with van der Waals surface area (Å²) in [4.78, 5) is 10.8. The van der Waals surface area contributed by atoms with Crippen molar-refractivity contribution in [2.24, 2.45) is 5.10 Å². The maximum absolute atomic E-state index is 12.7. The molecule has 0 radical (unpaired) electrons. The number of hydrogen-bond acceptors (Lipinski definition) is 6. The molecule has 0 saturated heterocycles. The lowest BCUT2D eigenvalue weighted by Crippen LogP contribution is -2.30. The quantitative estimate of drug-likeness (QED) is 0.287. The highest BCUT2D eigenvalue weighted by Gasteiger charge is 2.25. The number of rotatable bonds is 9. The largest absolute Gasteiger partial charge is 0.295 e. The Morgan fingerprint density at radius 3 is 2.19 bits per heavy atom. The molecule has 0 bridgehead atoms. The molecule has 3 aromatic carbocycles. The normalized spacial score (nSPS) is 11.7. The molecule has 1 N–H and O–H groups in total. The molecular weight excluding hydrogens is 428 g/mol. The number of nitrogens with one attached hydrogen (secondary N) is 1. The fourth-order valence-electron chi connectivity index (χ4n) is 3.20. The molecule has 3 aromatic rings. The van der Waals surface area contributed by atoms with Crippen LogP contribution in [0, 0.1) is 10.1 Å². The number of hydrogen-bond donors (Lipinski definition) is 1. The van der Waals surface area contributed by atoms with Gasteiger partial charge in [-0.25, -0.2) is 8.42 Å². The Labute approximate surface area is 187 Å². The van der Waals surface area contributed by atoms with Gasteiger partial charge < -0.3 is 0 Å². The summed E-state index contributed by atoms with van der Waals surface area (Å²) < 4.78 is 26.6. The van der Waals surface area contributed by atoms with E-state index in [9.17, 15) is 18.5 Å². The predicted octanol–water partition coefficient (Wildman–Crippen LogP) is 4.74. The smallest absolute Gasteiger partial charge is 0.272 e. The number of nitrogens with zero attached hydrogens (tertiary/aromatic N) is 3. The van der Waals surface area contributed by atoms with Gasteiger partial charge in [0.15, 0.2) is 0 Å². The van der Waals surface area contributed by atoms with Gasteiger partial charge in [0.05, 0.1) is 16.0 Å². The fraction of sp³-hybridized carbons (Fsp3) is 0.174. The zero-order valence-corrected chi connectivity index (χ0v) is 18.6. The average Bonchev–Trinajstić information content (AvgIpc) is 2.80. The van der Waals surface area contributed by atoms with E-state index >= 15 is 0 Å². The summed E-state index contributed by atoms with van der Waals surface area (Å²) in [6.45, 7) is 3.99. The van der Waals surface area contributed by atoms with E-state index in [1.807, 2.05) is 54.6 Å². The van der Waals surface area contributed by atoms with Crippen LogP contribution in [0.3, 0.4) is 0 Å². The van der Waals surface area contributed by atoms with Crippen LogP contribution >= 0.6 is 0 Å². The second-order valence-electron chi connectivity index (χ2n) is 6.88. The highest BCUT2D eigenvalue weighted by Crippen LogP contribution is 2.29. The maximum Gasteiger partial charge on any atom is 0.295 e.